The van der Waals surface area contributed by atoms with Crippen molar-refractivity contribution in [1.29, 1.82) is 0 Å². The van der Waals surface area contributed by atoms with E-state index >= 15 is 0 Å². The van der Waals surface area contributed by atoms with Crippen LogP contribution in [0, 0.1) is 17.7 Å². The minimum Gasteiger partial charge on any atom is -0.339 e. The molecule has 0 saturated carbocycles. The number of benzene rings is 1. The van der Waals surface area contributed by atoms with Gasteiger partial charge >= 0.3 is 6.03 Å². The minimum absolute atomic E-state index is 0.0834. The molecule has 1 aromatic carbocycles. The molecule has 2 N–H and O–H groups in total. The number of rotatable bonds is 5. The highest BCUT2D eigenvalue weighted by Crippen LogP contribution is 2.34. The molecule has 0 radical (unpaired) electrons. The summed E-state index contributed by atoms with van der Waals surface area (Å²) >= 11 is 0. The van der Waals surface area contributed by atoms with Gasteiger partial charge in [-0.05, 0) is 36.8 Å². The van der Waals surface area contributed by atoms with Crippen molar-refractivity contribution < 1.29 is 23.2 Å². The van der Waals surface area contributed by atoms with E-state index in [0.29, 0.717) is 12.1 Å². The van der Waals surface area contributed by atoms with E-state index in [9.17, 15) is 23.2 Å². The highest BCUT2D eigenvalue weighted by molar-refractivity contribution is 5.86. The van der Waals surface area contributed by atoms with Crippen LogP contribution >= 0.6 is 0 Å². The molecule has 6 nitrogen and oxygen atoms in total. The fraction of sp³-hybridized carbons (Fsp3) is 0.316. The van der Waals surface area contributed by atoms with Gasteiger partial charge < -0.3 is 10.2 Å². The van der Waals surface area contributed by atoms with Crippen LogP contribution in [0.3, 0.4) is 0 Å². The number of nitrogens with one attached hydrogen (secondary N) is 2. The summed E-state index contributed by atoms with van der Waals surface area (Å²) in [4.78, 5) is 36.7. The maximum atomic E-state index is 13.5. The van der Waals surface area contributed by atoms with Crippen LogP contribution < -0.4 is 10.6 Å². The zero-order valence-electron chi connectivity index (χ0n) is 14.6. The fourth-order valence-electron chi connectivity index (χ4n) is 3.56. The van der Waals surface area contributed by atoms with E-state index in [1.165, 1.54) is 36.4 Å². The highest BCUT2D eigenvalue weighted by Gasteiger charge is 2.43. The van der Waals surface area contributed by atoms with Crippen LogP contribution in [0.2, 0.25) is 0 Å². The van der Waals surface area contributed by atoms with E-state index in [1.807, 2.05) is 5.32 Å². The molecule has 27 heavy (non-hydrogen) atoms. The van der Waals surface area contributed by atoms with Gasteiger partial charge in [0, 0.05) is 19.0 Å². The smallest absolute Gasteiger partial charge is 0.321 e. The molecule has 3 rings (SSSR count). The molecule has 1 aromatic rings. The highest BCUT2D eigenvalue weighted by atomic mass is 19.1. The lowest BCUT2D eigenvalue weighted by atomic mass is 9.91. The number of fused-ring (bicyclic) bond motifs is 1. The van der Waals surface area contributed by atoms with Gasteiger partial charge in [0.05, 0.1) is 11.5 Å². The minimum atomic E-state index is -1.09. The predicted molar refractivity (Wildman–Crippen MR) is 93.4 cm³/mol. The van der Waals surface area contributed by atoms with Gasteiger partial charge in [0.1, 0.15) is 11.6 Å². The molecule has 0 bridgehead atoms. The van der Waals surface area contributed by atoms with Gasteiger partial charge in [0.2, 0.25) is 12.3 Å². The SMILES string of the molecule is C[C@@](CN1CC2C=CC(F)=CC2C1=O)(NC(=O)NC=O)c1ccc(F)cc1. The Bertz CT molecular complexity index is 822. The molecule has 1 aliphatic heterocycles. The van der Waals surface area contributed by atoms with Gasteiger partial charge in [-0.1, -0.05) is 18.2 Å². The summed E-state index contributed by atoms with van der Waals surface area (Å²) in [6, 6.07) is 4.76. The molecular weight excluding hydrogens is 356 g/mol. The third-order valence-electron chi connectivity index (χ3n) is 4.90. The molecule has 3 atom stereocenters. The van der Waals surface area contributed by atoms with E-state index in [0.717, 1.165) is 0 Å². The number of carbonyl (C=O) groups is 3. The second-order valence-electron chi connectivity index (χ2n) is 6.87. The maximum Gasteiger partial charge on any atom is 0.321 e. The number of urea groups is 1. The van der Waals surface area contributed by atoms with Crippen molar-refractivity contribution in [2.75, 3.05) is 13.1 Å². The normalized spacial score (nSPS) is 23.3. The van der Waals surface area contributed by atoms with Gasteiger partial charge in [-0.25, -0.2) is 13.6 Å². The topological polar surface area (TPSA) is 78.5 Å². The number of halogens is 2. The monoisotopic (exact) mass is 375 g/mol. The maximum absolute atomic E-state index is 13.5. The van der Waals surface area contributed by atoms with Crippen molar-refractivity contribution in [2.45, 2.75) is 12.5 Å². The molecule has 1 fully saturated rings. The number of likely N-dealkylation sites (tertiary alicyclic amines) is 1. The summed E-state index contributed by atoms with van der Waals surface area (Å²) in [6.45, 7) is 2.13. The van der Waals surface area contributed by atoms with Gasteiger partial charge in [0.25, 0.3) is 0 Å². The third-order valence-corrected chi connectivity index (χ3v) is 4.90. The molecule has 1 saturated heterocycles. The Kier molecular flexibility index (Phi) is 5.07. The Morgan fingerprint density at radius 1 is 1.33 bits per heavy atom. The van der Waals surface area contributed by atoms with E-state index in [4.69, 9.17) is 0 Å². The number of imide groups is 1. The van der Waals surface area contributed by atoms with E-state index < -0.39 is 29.1 Å². The molecule has 2 unspecified atom stereocenters. The first-order valence-corrected chi connectivity index (χ1v) is 8.45. The first-order valence-electron chi connectivity index (χ1n) is 8.45. The van der Waals surface area contributed by atoms with Crippen LogP contribution in [0.4, 0.5) is 13.6 Å². The summed E-state index contributed by atoms with van der Waals surface area (Å²) in [5.74, 6) is -1.84. The van der Waals surface area contributed by atoms with Crippen molar-refractivity contribution >= 4 is 18.3 Å². The van der Waals surface area contributed by atoms with Gasteiger partial charge in [0.15, 0.2) is 0 Å². The first kappa shape index (κ1) is 18.8. The number of hydrogen-bond acceptors (Lipinski definition) is 3. The molecule has 142 valence electrons. The first-order chi connectivity index (χ1) is 12.8. The second-order valence-corrected chi connectivity index (χ2v) is 6.87. The summed E-state index contributed by atoms with van der Waals surface area (Å²) in [5.41, 5.74) is -0.527. The number of carbonyl (C=O) groups excluding carboxylic acids is 3. The van der Waals surface area contributed by atoms with Crippen molar-refractivity contribution in [3.63, 3.8) is 0 Å². The molecule has 4 amide bonds. The van der Waals surface area contributed by atoms with Gasteiger partial charge in [-0.2, -0.15) is 0 Å². The lowest BCUT2D eigenvalue weighted by Crippen LogP contribution is -2.54. The van der Waals surface area contributed by atoms with Crippen LogP contribution in [0.15, 0.2) is 48.3 Å². The van der Waals surface area contributed by atoms with Crippen LogP contribution in [0.5, 0.6) is 0 Å². The Labute approximate surface area is 154 Å². The molecule has 8 heteroatoms. The van der Waals surface area contributed by atoms with E-state index in [1.54, 1.807) is 17.9 Å². The Hall–Kier alpha value is -3.03. The fourth-order valence-corrected chi connectivity index (χ4v) is 3.56. The largest absolute Gasteiger partial charge is 0.339 e. The van der Waals surface area contributed by atoms with Crippen LogP contribution in [-0.4, -0.2) is 36.3 Å². The summed E-state index contributed by atoms with van der Waals surface area (Å²) in [7, 11) is 0. The van der Waals surface area contributed by atoms with Gasteiger partial charge in [-0.15, -0.1) is 0 Å². The van der Waals surface area contributed by atoms with E-state index in [2.05, 4.69) is 5.32 Å². The molecule has 1 aliphatic carbocycles. The quantitative estimate of drug-likeness (QED) is 0.773. The van der Waals surface area contributed by atoms with Crippen molar-refractivity contribution in [3.05, 3.63) is 59.7 Å². The van der Waals surface area contributed by atoms with Crippen LogP contribution in [0.1, 0.15) is 12.5 Å². The van der Waals surface area contributed by atoms with Crippen LogP contribution in [-0.2, 0) is 15.1 Å². The van der Waals surface area contributed by atoms with Crippen molar-refractivity contribution in [3.8, 4) is 0 Å². The lowest BCUT2D eigenvalue weighted by Gasteiger charge is -2.35. The predicted octanol–water partition coefficient (Wildman–Crippen LogP) is 1.99. The Morgan fingerprint density at radius 3 is 2.70 bits per heavy atom. The van der Waals surface area contributed by atoms with Crippen molar-refractivity contribution in [1.82, 2.24) is 15.5 Å². The molecule has 0 aromatic heterocycles. The third kappa shape index (κ3) is 3.89. The molecule has 2 aliphatic rings. The zero-order chi connectivity index (χ0) is 19.6. The van der Waals surface area contributed by atoms with Crippen LogP contribution in [0.25, 0.3) is 0 Å². The van der Waals surface area contributed by atoms with Crippen molar-refractivity contribution in [2.24, 2.45) is 11.8 Å². The number of allylic oxidation sites excluding steroid dienone is 2. The number of nitrogens with zero attached hydrogens (tertiary/aromatic N) is 1. The molecular formula is C19H19F2N3O3. The number of amides is 4. The molecule has 0 spiro atoms. The Balaban J connectivity index is 1.86. The Morgan fingerprint density at radius 2 is 2.04 bits per heavy atom. The summed E-state index contributed by atoms with van der Waals surface area (Å²) in [5, 5.41) is 4.66. The number of hydrogen-bond donors (Lipinski definition) is 2. The standard InChI is InChI=1S/C19H19F2N3O3/c1-19(23-18(27)22-11-25,13-3-6-14(20)7-4-13)10-24-9-12-2-5-15(21)8-16(12)17(24)26/h2-8,11-12,16H,9-10H2,1H3,(H2,22,23,25,27)/t12?,16?,19-/m0/s1. The lowest BCUT2D eigenvalue weighted by molar-refractivity contribution is -0.130. The zero-order valence-corrected chi connectivity index (χ0v) is 14.6. The van der Waals surface area contributed by atoms with E-state index in [-0.39, 0.29) is 24.8 Å². The average molecular weight is 375 g/mol. The average Bonchev–Trinajstić information content (AvgIpc) is 2.91. The molecule has 1 heterocycles. The summed E-state index contributed by atoms with van der Waals surface area (Å²) in [6.07, 6.45) is 4.55. The van der Waals surface area contributed by atoms with Gasteiger partial charge in [-0.3, -0.25) is 14.9 Å². The second kappa shape index (κ2) is 7.30. The summed E-state index contributed by atoms with van der Waals surface area (Å²) < 4.78 is 26.8.